The van der Waals surface area contributed by atoms with E-state index in [-0.39, 0.29) is 5.25 Å². The van der Waals surface area contributed by atoms with Crippen molar-refractivity contribution in [1.29, 1.82) is 0 Å². The molecule has 0 bridgehead atoms. The summed E-state index contributed by atoms with van der Waals surface area (Å²) in [6.07, 6.45) is 3.36. The van der Waals surface area contributed by atoms with Crippen LogP contribution in [0.15, 0.2) is 67.0 Å². The van der Waals surface area contributed by atoms with Crippen molar-refractivity contribution in [2.45, 2.75) is 23.8 Å². The topological polar surface area (TPSA) is 64.1 Å². The summed E-state index contributed by atoms with van der Waals surface area (Å²) in [5.74, 6) is 1.35. The largest absolute Gasteiger partial charge is 0.381 e. The van der Waals surface area contributed by atoms with Crippen LogP contribution in [0.3, 0.4) is 0 Å². The van der Waals surface area contributed by atoms with Crippen LogP contribution in [0.25, 0.3) is 20.7 Å². The number of aromatic nitrogens is 2. The Morgan fingerprint density at radius 2 is 1.87 bits per heavy atom. The molecule has 1 saturated heterocycles. The summed E-state index contributed by atoms with van der Waals surface area (Å²) in [5.41, 5.74) is 3.18. The van der Waals surface area contributed by atoms with Crippen molar-refractivity contribution >= 4 is 43.9 Å². The lowest BCUT2D eigenvalue weighted by Crippen LogP contribution is -2.25. The van der Waals surface area contributed by atoms with Gasteiger partial charge in [0.1, 0.15) is 17.0 Å². The van der Waals surface area contributed by atoms with Crippen LogP contribution in [0.1, 0.15) is 18.4 Å². The second-order valence-corrected chi connectivity index (χ2v) is 10.3. The number of benzene rings is 2. The number of anilines is 2. The lowest BCUT2D eigenvalue weighted by Gasteiger charge is -2.21. The van der Waals surface area contributed by atoms with E-state index in [2.05, 4.69) is 39.6 Å². The summed E-state index contributed by atoms with van der Waals surface area (Å²) in [7, 11) is -0.884. The monoisotopic (exact) mass is 449 g/mol. The molecule has 0 amide bonds. The number of nitrogens with zero attached hydrogens (tertiary/aromatic N) is 2. The lowest BCUT2D eigenvalue weighted by molar-refractivity contribution is 0.0992. The summed E-state index contributed by atoms with van der Waals surface area (Å²) in [4.78, 5) is 11.1. The van der Waals surface area contributed by atoms with E-state index < -0.39 is 10.8 Å². The Balaban J connectivity index is 1.37. The maximum absolute atomic E-state index is 12.8. The zero-order chi connectivity index (χ0) is 21.0. The molecule has 31 heavy (non-hydrogen) atoms. The Morgan fingerprint density at radius 3 is 2.71 bits per heavy atom. The summed E-state index contributed by atoms with van der Waals surface area (Å²) in [6.45, 7) is 1.43. The predicted molar refractivity (Wildman–Crippen MR) is 128 cm³/mol. The van der Waals surface area contributed by atoms with E-state index in [0.29, 0.717) is 19.0 Å². The van der Waals surface area contributed by atoms with Crippen molar-refractivity contribution in [1.82, 2.24) is 9.97 Å². The molecular formula is C24H23N3O2S2. The van der Waals surface area contributed by atoms with Crippen LogP contribution in [-0.2, 0) is 21.3 Å². The van der Waals surface area contributed by atoms with E-state index in [1.807, 2.05) is 36.4 Å². The minimum Gasteiger partial charge on any atom is -0.381 e. The Hall–Kier alpha value is -2.61. The number of ether oxygens (including phenoxy) is 1. The second kappa shape index (κ2) is 9.26. The SMILES string of the molecule is O=S(Cc1cccc(Nc2ncnc3sc(-c4ccccc4)cc23)c1)C1CCOCC1. The van der Waals surface area contributed by atoms with Gasteiger partial charge >= 0.3 is 0 Å². The summed E-state index contributed by atoms with van der Waals surface area (Å²) in [5, 5.41) is 4.67. The third kappa shape index (κ3) is 4.69. The number of fused-ring (bicyclic) bond motifs is 1. The normalized spacial score (nSPS) is 15.7. The van der Waals surface area contributed by atoms with E-state index in [1.165, 1.54) is 10.4 Å². The fourth-order valence-electron chi connectivity index (χ4n) is 3.80. The molecule has 0 aliphatic carbocycles. The fraction of sp³-hybridized carbons (Fsp3) is 0.250. The summed E-state index contributed by atoms with van der Waals surface area (Å²) in [6, 6.07) is 20.6. The van der Waals surface area contributed by atoms with Crippen LogP contribution in [0, 0.1) is 0 Å². The number of hydrogen-bond acceptors (Lipinski definition) is 6. The van der Waals surface area contributed by atoms with Crippen LogP contribution in [-0.4, -0.2) is 32.6 Å². The average Bonchev–Trinajstić information content (AvgIpc) is 3.26. The molecule has 158 valence electrons. The van der Waals surface area contributed by atoms with Gasteiger partial charge in [-0.1, -0.05) is 42.5 Å². The summed E-state index contributed by atoms with van der Waals surface area (Å²) >= 11 is 1.66. The molecule has 1 atom stereocenters. The molecule has 7 heteroatoms. The molecule has 4 aromatic rings. The van der Waals surface area contributed by atoms with E-state index in [1.54, 1.807) is 17.7 Å². The highest BCUT2D eigenvalue weighted by Gasteiger charge is 2.20. The van der Waals surface area contributed by atoms with Crippen LogP contribution >= 0.6 is 11.3 Å². The van der Waals surface area contributed by atoms with Crippen molar-refractivity contribution in [3.05, 3.63) is 72.6 Å². The van der Waals surface area contributed by atoms with E-state index in [0.717, 1.165) is 40.1 Å². The van der Waals surface area contributed by atoms with Gasteiger partial charge in [0.05, 0.1) is 5.39 Å². The first-order chi connectivity index (χ1) is 15.3. The maximum Gasteiger partial charge on any atom is 0.142 e. The first-order valence-corrected chi connectivity index (χ1v) is 12.6. The molecule has 0 spiro atoms. The zero-order valence-corrected chi connectivity index (χ0v) is 18.6. The minimum absolute atomic E-state index is 0.231. The third-order valence-electron chi connectivity index (χ3n) is 5.43. The highest BCUT2D eigenvalue weighted by atomic mass is 32.2. The van der Waals surface area contributed by atoms with Gasteiger partial charge in [-0.2, -0.15) is 0 Å². The molecule has 1 fully saturated rings. The Morgan fingerprint density at radius 1 is 1.03 bits per heavy atom. The van der Waals surface area contributed by atoms with E-state index in [4.69, 9.17) is 4.74 Å². The van der Waals surface area contributed by atoms with Crippen molar-refractivity contribution in [2.24, 2.45) is 0 Å². The molecule has 1 N–H and O–H groups in total. The van der Waals surface area contributed by atoms with Gasteiger partial charge in [-0.15, -0.1) is 11.3 Å². The predicted octanol–water partition coefficient (Wildman–Crippen LogP) is 5.53. The van der Waals surface area contributed by atoms with Gasteiger partial charge < -0.3 is 10.1 Å². The molecule has 5 nitrogen and oxygen atoms in total. The highest BCUT2D eigenvalue weighted by molar-refractivity contribution is 7.84. The van der Waals surface area contributed by atoms with Gasteiger partial charge in [0, 0.05) is 45.6 Å². The average molecular weight is 450 g/mol. The number of nitrogens with one attached hydrogen (secondary N) is 1. The Kier molecular flexibility index (Phi) is 6.06. The standard InChI is InChI=1S/C24H23N3O2S2/c28-31(20-9-11-29-12-10-20)15-17-5-4-8-19(13-17)27-23-21-14-22(18-6-2-1-3-7-18)30-24(21)26-16-25-23/h1-8,13-14,16,20H,9-12,15H2,(H,25,26,27). The quantitative estimate of drug-likeness (QED) is 0.419. The van der Waals surface area contributed by atoms with Crippen LogP contribution < -0.4 is 5.32 Å². The molecule has 1 unspecified atom stereocenters. The Bertz CT molecular complexity index is 1200. The molecule has 3 heterocycles. The first-order valence-electron chi connectivity index (χ1n) is 10.4. The fourth-order valence-corrected chi connectivity index (χ4v) is 6.26. The number of rotatable bonds is 6. The smallest absolute Gasteiger partial charge is 0.142 e. The van der Waals surface area contributed by atoms with Gasteiger partial charge in [-0.05, 0) is 42.2 Å². The third-order valence-corrected chi connectivity index (χ3v) is 8.35. The van der Waals surface area contributed by atoms with Crippen molar-refractivity contribution in [3.8, 4) is 10.4 Å². The number of thiophene rings is 1. The summed E-state index contributed by atoms with van der Waals surface area (Å²) < 4.78 is 18.2. The van der Waals surface area contributed by atoms with Crippen molar-refractivity contribution < 1.29 is 8.95 Å². The highest BCUT2D eigenvalue weighted by Crippen LogP contribution is 2.35. The molecule has 2 aromatic carbocycles. The molecule has 5 rings (SSSR count). The molecule has 0 saturated carbocycles. The second-order valence-electron chi connectivity index (χ2n) is 7.58. The Labute approximate surface area is 188 Å². The van der Waals surface area contributed by atoms with Gasteiger partial charge in [0.2, 0.25) is 0 Å². The molecule has 1 aliphatic heterocycles. The lowest BCUT2D eigenvalue weighted by atomic mass is 10.2. The van der Waals surface area contributed by atoms with E-state index >= 15 is 0 Å². The minimum atomic E-state index is -0.884. The van der Waals surface area contributed by atoms with Gasteiger partial charge in [-0.25, -0.2) is 9.97 Å². The molecule has 1 aliphatic rings. The zero-order valence-electron chi connectivity index (χ0n) is 17.0. The van der Waals surface area contributed by atoms with E-state index in [9.17, 15) is 4.21 Å². The van der Waals surface area contributed by atoms with Crippen LogP contribution in [0.4, 0.5) is 11.5 Å². The maximum atomic E-state index is 12.8. The van der Waals surface area contributed by atoms with Crippen LogP contribution in [0.2, 0.25) is 0 Å². The van der Waals surface area contributed by atoms with Crippen molar-refractivity contribution in [2.75, 3.05) is 18.5 Å². The van der Waals surface area contributed by atoms with Gasteiger partial charge in [-0.3, -0.25) is 4.21 Å². The van der Waals surface area contributed by atoms with Crippen molar-refractivity contribution in [3.63, 3.8) is 0 Å². The van der Waals surface area contributed by atoms with Gasteiger partial charge in [0.15, 0.2) is 0 Å². The van der Waals surface area contributed by atoms with Crippen LogP contribution in [0.5, 0.6) is 0 Å². The first kappa shape index (κ1) is 20.3. The van der Waals surface area contributed by atoms with Gasteiger partial charge in [0.25, 0.3) is 0 Å². The number of hydrogen-bond donors (Lipinski definition) is 1. The molecular weight excluding hydrogens is 426 g/mol. The molecule has 0 radical (unpaired) electrons. The molecule has 2 aromatic heterocycles.